The lowest BCUT2D eigenvalue weighted by Crippen LogP contribution is -2.38. The third-order valence-electron chi connectivity index (χ3n) is 3.73. The molecule has 0 bridgehead atoms. The SMILES string of the molecule is CC(C)CC1CCN(C(=O)c2ccnc(N)c2)CC1. The third kappa shape index (κ3) is 3.69. The number of anilines is 1. The summed E-state index contributed by atoms with van der Waals surface area (Å²) >= 11 is 0. The molecule has 4 heteroatoms. The average molecular weight is 261 g/mol. The van der Waals surface area contributed by atoms with Gasteiger partial charge in [-0.3, -0.25) is 4.79 Å². The highest BCUT2D eigenvalue weighted by Gasteiger charge is 2.24. The average Bonchev–Trinajstić information content (AvgIpc) is 2.38. The summed E-state index contributed by atoms with van der Waals surface area (Å²) in [4.78, 5) is 18.2. The van der Waals surface area contributed by atoms with Crippen LogP contribution in [0.25, 0.3) is 0 Å². The van der Waals surface area contributed by atoms with Crippen molar-refractivity contribution in [1.29, 1.82) is 0 Å². The molecule has 2 N–H and O–H groups in total. The predicted molar refractivity (Wildman–Crippen MR) is 76.7 cm³/mol. The Labute approximate surface area is 115 Å². The largest absolute Gasteiger partial charge is 0.384 e. The molecule has 19 heavy (non-hydrogen) atoms. The highest BCUT2D eigenvalue weighted by molar-refractivity contribution is 5.94. The van der Waals surface area contributed by atoms with Gasteiger partial charge < -0.3 is 10.6 Å². The van der Waals surface area contributed by atoms with Crippen LogP contribution in [-0.2, 0) is 0 Å². The fourth-order valence-corrected chi connectivity index (χ4v) is 2.80. The van der Waals surface area contributed by atoms with Crippen LogP contribution < -0.4 is 5.73 Å². The van der Waals surface area contributed by atoms with E-state index in [0.717, 1.165) is 37.8 Å². The number of rotatable bonds is 3. The lowest BCUT2D eigenvalue weighted by atomic mass is 9.88. The van der Waals surface area contributed by atoms with Crippen molar-refractivity contribution in [2.24, 2.45) is 11.8 Å². The minimum Gasteiger partial charge on any atom is -0.384 e. The summed E-state index contributed by atoms with van der Waals surface area (Å²) < 4.78 is 0. The predicted octanol–water partition coefficient (Wildman–Crippen LogP) is 2.56. The molecule has 1 aromatic rings. The Kier molecular flexibility index (Phi) is 4.40. The summed E-state index contributed by atoms with van der Waals surface area (Å²) in [7, 11) is 0. The zero-order valence-electron chi connectivity index (χ0n) is 11.8. The molecular formula is C15H23N3O. The lowest BCUT2D eigenvalue weighted by molar-refractivity contribution is 0.0681. The van der Waals surface area contributed by atoms with E-state index >= 15 is 0 Å². The van der Waals surface area contributed by atoms with E-state index in [1.807, 2.05) is 4.90 Å². The molecule has 1 fully saturated rings. The molecule has 0 saturated carbocycles. The third-order valence-corrected chi connectivity index (χ3v) is 3.73. The Balaban J connectivity index is 1.92. The monoisotopic (exact) mass is 261 g/mol. The van der Waals surface area contributed by atoms with Crippen LogP contribution in [0, 0.1) is 11.8 Å². The standard InChI is InChI=1S/C15H23N3O/c1-11(2)9-12-4-7-18(8-5-12)15(19)13-3-6-17-14(16)10-13/h3,6,10-12H,4-5,7-9H2,1-2H3,(H2,16,17). The van der Waals surface area contributed by atoms with Crippen molar-refractivity contribution < 1.29 is 4.79 Å². The topological polar surface area (TPSA) is 59.2 Å². The molecule has 1 amide bonds. The van der Waals surface area contributed by atoms with Gasteiger partial charge >= 0.3 is 0 Å². The number of aromatic nitrogens is 1. The number of amides is 1. The fourth-order valence-electron chi connectivity index (χ4n) is 2.80. The molecule has 1 aliphatic rings. The maximum atomic E-state index is 12.3. The van der Waals surface area contributed by atoms with Gasteiger partial charge in [-0.05, 0) is 43.2 Å². The van der Waals surface area contributed by atoms with Gasteiger partial charge in [0.1, 0.15) is 5.82 Å². The Morgan fingerprint density at radius 3 is 2.74 bits per heavy atom. The normalized spacial score (nSPS) is 16.9. The Bertz CT molecular complexity index is 437. The molecule has 0 aromatic carbocycles. The van der Waals surface area contributed by atoms with E-state index in [1.165, 1.54) is 6.42 Å². The highest BCUT2D eigenvalue weighted by Crippen LogP contribution is 2.24. The van der Waals surface area contributed by atoms with Gasteiger partial charge in [-0.2, -0.15) is 0 Å². The number of nitrogens with zero attached hydrogens (tertiary/aromatic N) is 2. The number of nitrogens with two attached hydrogens (primary N) is 1. The molecule has 2 rings (SSSR count). The van der Waals surface area contributed by atoms with Crippen molar-refractivity contribution >= 4 is 11.7 Å². The van der Waals surface area contributed by atoms with Crippen molar-refractivity contribution in [3.63, 3.8) is 0 Å². The van der Waals surface area contributed by atoms with Crippen molar-refractivity contribution in [2.75, 3.05) is 18.8 Å². The molecule has 104 valence electrons. The van der Waals surface area contributed by atoms with E-state index in [1.54, 1.807) is 18.3 Å². The van der Waals surface area contributed by atoms with Crippen molar-refractivity contribution in [3.05, 3.63) is 23.9 Å². The first-order valence-electron chi connectivity index (χ1n) is 7.07. The van der Waals surface area contributed by atoms with Gasteiger partial charge in [0.2, 0.25) is 0 Å². The van der Waals surface area contributed by atoms with E-state index in [0.29, 0.717) is 11.4 Å². The maximum Gasteiger partial charge on any atom is 0.254 e. The molecule has 2 heterocycles. The van der Waals surface area contributed by atoms with Gasteiger partial charge in [0.05, 0.1) is 0 Å². The van der Waals surface area contributed by atoms with Gasteiger partial charge in [0.25, 0.3) is 5.91 Å². The molecule has 1 saturated heterocycles. The summed E-state index contributed by atoms with van der Waals surface area (Å²) in [5.41, 5.74) is 6.27. The highest BCUT2D eigenvalue weighted by atomic mass is 16.2. The quantitative estimate of drug-likeness (QED) is 0.909. The first kappa shape index (κ1) is 13.8. The van der Waals surface area contributed by atoms with Gasteiger partial charge in [0.15, 0.2) is 0 Å². The van der Waals surface area contributed by atoms with Crippen LogP contribution in [-0.4, -0.2) is 28.9 Å². The molecule has 0 aliphatic carbocycles. The van der Waals surface area contributed by atoms with Crippen molar-refractivity contribution in [2.45, 2.75) is 33.1 Å². The van der Waals surface area contributed by atoms with E-state index in [2.05, 4.69) is 18.8 Å². The fraction of sp³-hybridized carbons (Fsp3) is 0.600. The van der Waals surface area contributed by atoms with Crippen LogP contribution in [0.3, 0.4) is 0 Å². The second-order valence-electron chi connectivity index (χ2n) is 5.83. The van der Waals surface area contributed by atoms with Crippen LogP contribution in [0.15, 0.2) is 18.3 Å². The number of nitrogen functional groups attached to an aromatic ring is 1. The summed E-state index contributed by atoms with van der Waals surface area (Å²) in [6.07, 6.45) is 5.09. The van der Waals surface area contributed by atoms with Crippen LogP contribution in [0.1, 0.15) is 43.5 Å². The molecule has 1 aromatic heterocycles. The van der Waals surface area contributed by atoms with E-state index in [-0.39, 0.29) is 5.91 Å². The molecule has 0 unspecified atom stereocenters. The van der Waals surface area contributed by atoms with Gasteiger partial charge in [-0.1, -0.05) is 13.8 Å². The number of hydrogen-bond acceptors (Lipinski definition) is 3. The summed E-state index contributed by atoms with van der Waals surface area (Å²) in [6.45, 7) is 6.24. The molecule has 0 radical (unpaired) electrons. The smallest absolute Gasteiger partial charge is 0.254 e. The van der Waals surface area contributed by atoms with Crippen molar-refractivity contribution in [3.8, 4) is 0 Å². The van der Waals surface area contributed by atoms with E-state index in [9.17, 15) is 4.79 Å². The number of piperidine rings is 1. The number of likely N-dealkylation sites (tertiary alicyclic amines) is 1. The minimum absolute atomic E-state index is 0.0806. The van der Waals surface area contributed by atoms with E-state index < -0.39 is 0 Å². The van der Waals surface area contributed by atoms with Crippen LogP contribution >= 0.6 is 0 Å². The van der Waals surface area contributed by atoms with E-state index in [4.69, 9.17) is 5.73 Å². The van der Waals surface area contributed by atoms with Gasteiger partial charge in [0, 0.05) is 24.8 Å². The summed E-state index contributed by atoms with van der Waals surface area (Å²) in [6, 6.07) is 3.39. The molecule has 1 aliphatic heterocycles. The number of pyridine rings is 1. The summed E-state index contributed by atoms with van der Waals surface area (Å²) in [5, 5.41) is 0. The Hall–Kier alpha value is -1.58. The Morgan fingerprint density at radius 1 is 1.47 bits per heavy atom. The van der Waals surface area contributed by atoms with Crippen LogP contribution in [0.4, 0.5) is 5.82 Å². The molecule has 0 atom stereocenters. The number of carbonyl (C=O) groups is 1. The van der Waals surface area contributed by atoms with Crippen LogP contribution in [0.2, 0.25) is 0 Å². The van der Waals surface area contributed by atoms with Crippen molar-refractivity contribution in [1.82, 2.24) is 9.88 Å². The zero-order chi connectivity index (χ0) is 13.8. The van der Waals surface area contributed by atoms with Crippen LogP contribution in [0.5, 0.6) is 0 Å². The second kappa shape index (κ2) is 6.04. The zero-order valence-corrected chi connectivity index (χ0v) is 11.8. The molecule has 0 spiro atoms. The molecule has 4 nitrogen and oxygen atoms in total. The first-order chi connectivity index (χ1) is 9.06. The van der Waals surface area contributed by atoms with Gasteiger partial charge in [-0.25, -0.2) is 4.98 Å². The Morgan fingerprint density at radius 2 is 2.16 bits per heavy atom. The second-order valence-corrected chi connectivity index (χ2v) is 5.83. The minimum atomic E-state index is 0.0806. The summed E-state index contributed by atoms with van der Waals surface area (Å²) in [5.74, 6) is 2.00. The maximum absolute atomic E-state index is 12.3. The number of hydrogen-bond donors (Lipinski definition) is 1. The lowest BCUT2D eigenvalue weighted by Gasteiger charge is -2.32. The number of carbonyl (C=O) groups excluding carboxylic acids is 1. The molecular weight excluding hydrogens is 238 g/mol. The van der Waals surface area contributed by atoms with Gasteiger partial charge in [-0.15, -0.1) is 0 Å². The first-order valence-corrected chi connectivity index (χ1v) is 7.07.